The summed E-state index contributed by atoms with van der Waals surface area (Å²) in [7, 11) is 0. The second-order valence-electron chi connectivity index (χ2n) is 6.57. The van der Waals surface area contributed by atoms with Gasteiger partial charge in [0.1, 0.15) is 0 Å². The Kier molecular flexibility index (Phi) is 3.96. The van der Waals surface area contributed by atoms with Gasteiger partial charge in [0.05, 0.1) is 16.6 Å². The molecule has 3 aromatic heterocycles. The predicted octanol–water partition coefficient (Wildman–Crippen LogP) is 4.81. The SMILES string of the molecule is c1ccc(C2c3cccn3CCN2Cc2cc(-c3cccs3)on2)cc1. The maximum absolute atomic E-state index is 5.57. The van der Waals surface area contributed by atoms with Crippen molar-refractivity contribution < 1.29 is 4.52 Å². The minimum atomic E-state index is 0.238. The third-order valence-corrected chi connectivity index (χ3v) is 5.83. The Bertz CT molecular complexity index is 987. The fourth-order valence-electron chi connectivity index (χ4n) is 3.75. The number of hydrogen-bond acceptors (Lipinski definition) is 4. The normalized spacial score (nSPS) is 17.3. The van der Waals surface area contributed by atoms with Crippen molar-refractivity contribution in [3.63, 3.8) is 0 Å². The molecule has 1 aliphatic rings. The number of fused-ring (bicyclic) bond motifs is 1. The van der Waals surface area contributed by atoms with Crippen LogP contribution < -0.4 is 0 Å². The van der Waals surface area contributed by atoms with Gasteiger partial charge in [-0.05, 0) is 29.1 Å². The van der Waals surface area contributed by atoms with E-state index >= 15 is 0 Å². The Balaban J connectivity index is 1.46. The first-order valence-corrected chi connectivity index (χ1v) is 9.70. The first-order chi connectivity index (χ1) is 12.9. The molecule has 1 atom stereocenters. The van der Waals surface area contributed by atoms with Crippen LogP contribution in [0.25, 0.3) is 10.6 Å². The molecule has 0 fully saturated rings. The van der Waals surface area contributed by atoms with Crippen molar-refractivity contribution in [3.8, 4) is 10.6 Å². The number of rotatable bonds is 4. The van der Waals surface area contributed by atoms with Crippen LogP contribution in [0.1, 0.15) is 23.0 Å². The predicted molar refractivity (Wildman–Crippen MR) is 103 cm³/mol. The highest BCUT2D eigenvalue weighted by atomic mass is 32.1. The maximum Gasteiger partial charge on any atom is 0.177 e. The van der Waals surface area contributed by atoms with E-state index < -0.39 is 0 Å². The lowest BCUT2D eigenvalue weighted by Crippen LogP contribution is -2.38. The number of hydrogen-bond donors (Lipinski definition) is 0. The van der Waals surface area contributed by atoms with Crippen molar-refractivity contribution in [2.75, 3.05) is 6.54 Å². The van der Waals surface area contributed by atoms with E-state index in [9.17, 15) is 0 Å². The summed E-state index contributed by atoms with van der Waals surface area (Å²) in [6.07, 6.45) is 2.17. The molecule has 26 heavy (non-hydrogen) atoms. The third kappa shape index (κ3) is 2.79. The zero-order valence-corrected chi connectivity index (χ0v) is 15.1. The average molecular weight is 361 g/mol. The molecule has 5 rings (SSSR count). The zero-order chi connectivity index (χ0) is 17.3. The summed E-state index contributed by atoms with van der Waals surface area (Å²) >= 11 is 1.67. The van der Waals surface area contributed by atoms with Crippen LogP contribution in [0.15, 0.2) is 76.8 Å². The summed E-state index contributed by atoms with van der Waals surface area (Å²) in [5.74, 6) is 0.853. The van der Waals surface area contributed by atoms with E-state index in [-0.39, 0.29) is 6.04 Å². The van der Waals surface area contributed by atoms with E-state index in [2.05, 4.69) is 80.8 Å². The van der Waals surface area contributed by atoms with Crippen molar-refractivity contribution in [1.82, 2.24) is 14.6 Å². The van der Waals surface area contributed by atoms with Gasteiger partial charge in [0.25, 0.3) is 0 Å². The minimum Gasteiger partial charge on any atom is -0.355 e. The van der Waals surface area contributed by atoms with Crippen LogP contribution >= 0.6 is 11.3 Å². The first-order valence-electron chi connectivity index (χ1n) is 8.82. The van der Waals surface area contributed by atoms with E-state index in [1.807, 2.05) is 6.07 Å². The maximum atomic E-state index is 5.57. The number of thiophene rings is 1. The van der Waals surface area contributed by atoms with Gasteiger partial charge in [-0.3, -0.25) is 4.90 Å². The van der Waals surface area contributed by atoms with Crippen molar-refractivity contribution in [3.05, 3.63) is 89.2 Å². The van der Waals surface area contributed by atoms with Gasteiger partial charge < -0.3 is 9.09 Å². The second kappa shape index (κ2) is 6.59. The molecule has 0 saturated heterocycles. The van der Waals surface area contributed by atoms with Gasteiger partial charge in [0, 0.05) is 37.6 Å². The largest absolute Gasteiger partial charge is 0.355 e. The molecule has 0 saturated carbocycles. The molecule has 0 N–H and O–H groups in total. The van der Waals surface area contributed by atoms with Crippen LogP contribution in [0, 0.1) is 0 Å². The molecule has 0 aliphatic carbocycles. The minimum absolute atomic E-state index is 0.238. The molecule has 0 amide bonds. The molecule has 0 bridgehead atoms. The molecule has 5 heteroatoms. The van der Waals surface area contributed by atoms with E-state index in [1.54, 1.807) is 11.3 Å². The summed E-state index contributed by atoms with van der Waals surface area (Å²) in [5, 5.41) is 6.38. The Labute approximate surface area is 156 Å². The summed E-state index contributed by atoms with van der Waals surface area (Å²) in [4.78, 5) is 3.61. The highest BCUT2D eigenvalue weighted by molar-refractivity contribution is 7.13. The Hall–Kier alpha value is -2.63. The smallest absolute Gasteiger partial charge is 0.177 e. The lowest BCUT2D eigenvalue weighted by atomic mass is 10.00. The molecule has 0 spiro atoms. The van der Waals surface area contributed by atoms with Crippen LogP contribution in [0.4, 0.5) is 0 Å². The van der Waals surface area contributed by atoms with Gasteiger partial charge in [-0.2, -0.15) is 0 Å². The molecular weight excluding hydrogens is 342 g/mol. The lowest BCUT2D eigenvalue weighted by molar-refractivity contribution is 0.170. The average Bonchev–Trinajstić information content (AvgIpc) is 3.43. The Morgan fingerprint density at radius 1 is 1.04 bits per heavy atom. The Morgan fingerprint density at radius 3 is 2.81 bits per heavy atom. The molecule has 4 aromatic rings. The van der Waals surface area contributed by atoms with Crippen molar-refractivity contribution >= 4 is 11.3 Å². The van der Waals surface area contributed by atoms with Gasteiger partial charge in [-0.25, -0.2) is 0 Å². The summed E-state index contributed by atoms with van der Waals surface area (Å²) in [6, 6.07) is 21.5. The fraction of sp³-hybridized carbons (Fsp3) is 0.190. The van der Waals surface area contributed by atoms with Gasteiger partial charge >= 0.3 is 0 Å². The quantitative estimate of drug-likeness (QED) is 0.523. The highest BCUT2D eigenvalue weighted by Gasteiger charge is 2.29. The zero-order valence-electron chi connectivity index (χ0n) is 14.3. The van der Waals surface area contributed by atoms with Crippen molar-refractivity contribution in [2.24, 2.45) is 0 Å². The molecular formula is C21H19N3OS. The van der Waals surface area contributed by atoms with E-state index in [4.69, 9.17) is 4.52 Å². The summed E-state index contributed by atoms with van der Waals surface area (Å²) in [6.45, 7) is 2.77. The number of nitrogens with zero attached hydrogens (tertiary/aromatic N) is 3. The molecule has 1 aliphatic heterocycles. The van der Waals surface area contributed by atoms with E-state index in [0.29, 0.717) is 0 Å². The summed E-state index contributed by atoms with van der Waals surface area (Å²) < 4.78 is 7.93. The molecule has 130 valence electrons. The van der Waals surface area contributed by atoms with Crippen LogP contribution in [-0.2, 0) is 13.1 Å². The number of aromatic nitrogens is 2. The van der Waals surface area contributed by atoms with Crippen LogP contribution in [0.5, 0.6) is 0 Å². The monoisotopic (exact) mass is 361 g/mol. The second-order valence-corrected chi connectivity index (χ2v) is 7.52. The molecule has 4 heterocycles. The standard InChI is InChI=1S/C21H19N3OS/c1-2-6-16(7-3-1)21-18-8-4-10-23(18)11-12-24(21)15-17-14-19(25-22-17)20-9-5-13-26-20/h1-10,13-14,21H,11-12,15H2. The van der Waals surface area contributed by atoms with Crippen LogP contribution in [0.3, 0.4) is 0 Å². The van der Waals surface area contributed by atoms with Gasteiger partial charge in [0.15, 0.2) is 5.76 Å². The van der Waals surface area contributed by atoms with E-state index in [1.165, 1.54) is 11.3 Å². The highest BCUT2D eigenvalue weighted by Crippen LogP contribution is 2.34. The van der Waals surface area contributed by atoms with Crippen LogP contribution in [-0.4, -0.2) is 21.2 Å². The molecule has 1 unspecified atom stereocenters. The first kappa shape index (κ1) is 15.6. The lowest BCUT2D eigenvalue weighted by Gasteiger charge is -2.36. The number of benzene rings is 1. The fourth-order valence-corrected chi connectivity index (χ4v) is 4.42. The van der Waals surface area contributed by atoms with Crippen molar-refractivity contribution in [1.29, 1.82) is 0 Å². The van der Waals surface area contributed by atoms with Gasteiger partial charge in [-0.1, -0.05) is 41.6 Å². The van der Waals surface area contributed by atoms with Gasteiger partial charge in [-0.15, -0.1) is 11.3 Å². The third-order valence-electron chi connectivity index (χ3n) is 4.94. The summed E-state index contributed by atoms with van der Waals surface area (Å²) in [5.41, 5.74) is 3.63. The van der Waals surface area contributed by atoms with Crippen molar-refractivity contribution in [2.45, 2.75) is 19.1 Å². The van der Waals surface area contributed by atoms with Gasteiger partial charge in [0.2, 0.25) is 0 Å². The molecule has 4 nitrogen and oxygen atoms in total. The van der Waals surface area contributed by atoms with Crippen LogP contribution in [0.2, 0.25) is 0 Å². The molecule has 1 aromatic carbocycles. The topological polar surface area (TPSA) is 34.2 Å². The van der Waals surface area contributed by atoms with E-state index in [0.717, 1.165) is 36.0 Å². The molecule has 0 radical (unpaired) electrons. The Morgan fingerprint density at radius 2 is 1.96 bits per heavy atom.